The van der Waals surface area contributed by atoms with E-state index >= 15 is 0 Å². The number of rotatable bonds is 3. The van der Waals surface area contributed by atoms with E-state index in [1.807, 2.05) is 0 Å². The van der Waals surface area contributed by atoms with Crippen molar-refractivity contribution in [1.82, 2.24) is 5.32 Å². The second kappa shape index (κ2) is 8.42. The maximum Gasteiger partial charge on any atom is 0.258 e. The average Bonchev–Trinajstić information content (AvgIpc) is 2.98. The van der Waals surface area contributed by atoms with Gasteiger partial charge in [0.1, 0.15) is 5.00 Å². The van der Waals surface area contributed by atoms with Crippen LogP contribution in [-0.2, 0) is 12.8 Å². The van der Waals surface area contributed by atoms with Gasteiger partial charge in [0.25, 0.3) is 11.8 Å². The van der Waals surface area contributed by atoms with Crippen molar-refractivity contribution in [2.24, 2.45) is 17.1 Å². The highest BCUT2D eigenvalue weighted by molar-refractivity contribution is 7.80. The molecule has 3 rings (SSSR count). The number of halogens is 1. The number of carbonyl (C=O) groups excluding carboxylic acids is 2. The average molecular weight is 450 g/mol. The van der Waals surface area contributed by atoms with Gasteiger partial charge in [-0.2, -0.15) is 0 Å². The van der Waals surface area contributed by atoms with Gasteiger partial charge in [-0.25, -0.2) is 0 Å². The molecule has 1 atom stereocenters. The highest BCUT2D eigenvalue weighted by atomic mass is 35.5. The van der Waals surface area contributed by atoms with Gasteiger partial charge in [0.2, 0.25) is 0 Å². The largest absolute Gasteiger partial charge is 0.365 e. The molecule has 0 saturated heterocycles. The summed E-state index contributed by atoms with van der Waals surface area (Å²) in [5.74, 6) is -0.364. The minimum atomic E-state index is -0.487. The lowest BCUT2D eigenvalue weighted by molar-refractivity contribution is 0.0975. The Morgan fingerprint density at radius 2 is 1.97 bits per heavy atom. The number of thiocarbonyl (C=S) groups is 1. The van der Waals surface area contributed by atoms with Crippen LogP contribution >= 0.6 is 35.2 Å². The highest BCUT2D eigenvalue weighted by Gasteiger charge is 2.33. The molecule has 29 heavy (non-hydrogen) atoms. The van der Waals surface area contributed by atoms with E-state index in [-0.39, 0.29) is 10.5 Å². The molecule has 0 fully saturated rings. The molecule has 0 radical (unpaired) electrons. The first-order valence-corrected chi connectivity index (χ1v) is 11.0. The lowest BCUT2D eigenvalue weighted by atomic mass is 9.72. The molecule has 1 aromatic heterocycles. The van der Waals surface area contributed by atoms with Crippen LogP contribution in [0.1, 0.15) is 58.3 Å². The van der Waals surface area contributed by atoms with E-state index in [4.69, 9.17) is 29.6 Å². The molecule has 5 nitrogen and oxygen atoms in total. The van der Waals surface area contributed by atoms with Crippen LogP contribution in [0.15, 0.2) is 24.3 Å². The van der Waals surface area contributed by atoms with Crippen LogP contribution in [0.5, 0.6) is 0 Å². The minimum absolute atomic E-state index is 0.100. The summed E-state index contributed by atoms with van der Waals surface area (Å²) in [7, 11) is 0. The molecule has 8 heteroatoms. The van der Waals surface area contributed by atoms with Gasteiger partial charge in [0.05, 0.1) is 16.1 Å². The van der Waals surface area contributed by atoms with Gasteiger partial charge in [-0.3, -0.25) is 14.9 Å². The minimum Gasteiger partial charge on any atom is -0.365 e. The molecule has 0 saturated carbocycles. The molecule has 1 aliphatic rings. The van der Waals surface area contributed by atoms with Crippen LogP contribution in [0, 0.1) is 11.3 Å². The number of hydrogen-bond donors (Lipinski definition) is 3. The molecule has 154 valence electrons. The smallest absolute Gasteiger partial charge is 0.258 e. The Morgan fingerprint density at radius 1 is 1.28 bits per heavy atom. The van der Waals surface area contributed by atoms with Crippen LogP contribution in [-0.4, -0.2) is 16.9 Å². The topological polar surface area (TPSA) is 84.2 Å². The van der Waals surface area contributed by atoms with Crippen molar-refractivity contribution in [3.05, 3.63) is 50.9 Å². The van der Waals surface area contributed by atoms with Crippen LogP contribution in [0.4, 0.5) is 5.00 Å². The number of nitrogens with one attached hydrogen (secondary N) is 2. The maximum absolute atomic E-state index is 12.4. The van der Waals surface area contributed by atoms with Gasteiger partial charge in [-0.15, -0.1) is 11.3 Å². The number of primary amides is 1. The number of hydrogen-bond acceptors (Lipinski definition) is 4. The van der Waals surface area contributed by atoms with Crippen molar-refractivity contribution in [2.75, 3.05) is 5.32 Å². The van der Waals surface area contributed by atoms with Gasteiger partial charge in [0, 0.05) is 4.88 Å². The number of amides is 2. The standard InChI is InChI=1S/C21H24ClN3O2S2/c1-21(2,3)11-8-9-13-15(10-11)29-19(16(13)17(23)26)25-20(28)24-18(27)12-6-4-5-7-14(12)22/h4-7,11H,8-10H2,1-3H3,(H2,23,26)(H2,24,25,27,28)/t11-/m1/s1. The van der Waals surface area contributed by atoms with Gasteiger partial charge in [0.15, 0.2) is 5.11 Å². The van der Waals surface area contributed by atoms with Gasteiger partial charge < -0.3 is 11.1 Å². The molecule has 0 bridgehead atoms. The van der Waals surface area contributed by atoms with Crippen molar-refractivity contribution >= 4 is 57.1 Å². The van der Waals surface area contributed by atoms with Gasteiger partial charge in [-0.1, -0.05) is 44.5 Å². The van der Waals surface area contributed by atoms with E-state index in [9.17, 15) is 9.59 Å². The van der Waals surface area contributed by atoms with E-state index < -0.39 is 11.8 Å². The Hall–Kier alpha value is -1.96. The summed E-state index contributed by atoms with van der Waals surface area (Å²) in [5.41, 5.74) is 7.68. The molecular formula is C21H24ClN3O2S2. The van der Waals surface area contributed by atoms with E-state index in [1.54, 1.807) is 24.3 Å². The van der Waals surface area contributed by atoms with E-state index in [1.165, 1.54) is 11.3 Å². The molecule has 1 aliphatic carbocycles. The van der Waals surface area contributed by atoms with Crippen molar-refractivity contribution in [3.8, 4) is 0 Å². The van der Waals surface area contributed by atoms with E-state index in [2.05, 4.69) is 31.4 Å². The molecule has 0 unspecified atom stereocenters. The Bertz CT molecular complexity index is 979. The number of carbonyl (C=O) groups is 2. The molecule has 1 aromatic carbocycles. The molecule has 2 amide bonds. The predicted octanol–water partition coefficient (Wildman–Crippen LogP) is 4.78. The second-order valence-electron chi connectivity index (χ2n) is 8.27. The highest BCUT2D eigenvalue weighted by Crippen LogP contribution is 2.44. The van der Waals surface area contributed by atoms with Crippen LogP contribution < -0.4 is 16.4 Å². The Balaban J connectivity index is 1.80. The first kappa shape index (κ1) is 21.7. The zero-order valence-electron chi connectivity index (χ0n) is 16.6. The number of benzene rings is 1. The predicted molar refractivity (Wildman–Crippen MR) is 123 cm³/mol. The maximum atomic E-state index is 12.4. The number of anilines is 1. The second-order valence-corrected chi connectivity index (χ2v) is 10.2. The SMILES string of the molecule is CC(C)(C)[C@@H]1CCc2c(sc(NC(=S)NC(=O)c3ccccc3Cl)c2C(N)=O)C1. The first-order valence-electron chi connectivity index (χ1n) is 9.39. The molecular weight excluding hydrogens is 426 g/mol. The van der Waals surface area contributed by atoms with Crippen LogP contribution in [0.25, 0.3) is 0 Å². The first-order chi connectivity index (χ1) is 13.6. The zero-order chi connectivity index (χ0) is 21.3. The van der Waals surface area contributed by atoms with E-state index in [0.717, 1.165) is 29.7 Å². The Labute approximate surface area is 185 Å². The summed E-state index contributed by atoms with van der Waals surface area (Å²) >= 11 is 12.8. The third-order valence-electron chi connectivity index (χ3n) is 5.31. The summed E-state index contributed by atoms with van der Waals surface area (Å²) in [6.45, 7) is 6.72. The third-order valence-corrected chi connectivity index (χ3v) is 7.01. The van der Waals surface area contributed by atoms with Crippen LogP contribution in [0.2, 0.25) is 5.02 Å². The zero-order valence-corrected chi connectivity index (χ0v) is 19.0. The molecule has 0 aliphatic heterocycles. The fourth-order valence-corrected chi connectivity index (χ4v) is 5.44. The van der Waals surface area contributed by atoms with E-state index in [0.29, 0.717) is 27.1 Å². The quantitative estimate of drug-likeness (QED) is 0.589. The Kier molecular flexibility index (Phi) is 6.31. The molecule has 0 spiro atoms. The number of nitrogens with two attached hydrogens (primary N) is 1. The summed E-state index contributed by atoms with van der Waals surface area (Å²) in [4.78, 5) is 25.7. The monoisotopic (exact) mass is 449 g/mol. The lowest BCUT2D eigenvalue weighted by Gasteiger charge is -2.33. The van der Waals surface area contributed by atoms with Gasteiger partial charge in [-0.05, 0) is 60.5 Å². The summed E-state index contributed by atoms with van der Waals surface area (Å²) in [6.07, 6.45) is 2.73. The van der Waals surface area contributed by atoms with Crippen molar-refractivity contribution < 1.29 is 9.59 Å². The van der Waals surface area contributed by atoms with Crippen molar-refractivity contribution in [3.63, 3.8) is 0 Å². The summed E-state index contributed by atoms with van der Waals surface area (Å²) in [5, 5.41) is 6.64. The molecule has 4 N–H and O–H groups in total. The normalized spacial score (nSPS) is 16.1. The lowest BCUT2D eigenvalue weighted by Crippen LogP contribution is -2.34. The summed E-state index contributed by atoms with van der Waals surface area (Å²) in [6, 6.07) is 6.72. The fourth-order valence-electron chi connectivity index (χ4n) is 3.62. The fraction of sp³-hybridized carbons (Fsp3) is 0.381. The molecule has 1 heterocycles. The van der Waals surface area contributed by atoms with Crippen molar-refractivity contribution in [1.29, 1.82) is 0 Å². The summed E-state index contributed by atoms with van der Waals surface area (Å²) < 4.78 is 0. The van der Waals surface area contributed by atoms with Crippen LogP contribution in [0.3, 0.4) is 0 Å². The van der Waals surface area contributed by atoms with Gasteiger partial charge >= 0.3 is 0 Å². The number of thiophene rings is 1. The third kappa shape index (κ3) is 4.79. The Morgan fingerprint density at radius 3 is 2.59 bits per heavy atom. The molecule has 2 aromatic rings. The number of fused-ring (bicyclic) bond motifs is 1. The van der Waals surface area contributed by atoms with Crippen molar-refractivity contribution in [2.45, 2.75) is 40.0 Å².